The minimum absolute atomic E-state index is 0.225. The first-order valence-corrected chi connectivity index (χ1v) is 6.92. The minimum Gasteiger partial charge on any atom is -0.381 e. The largest absolute Gasteiger partial charge is 0.381 e. The number of amides is 1. The van der Waals surface area contributed by atoms with E-state index < -0.39 is 0 Å². The number of hydrogen-bond donors (Lipinski definition) is 1. The van der Waals surface area contributed by atoms with Gasteiger partial charge in [0.25, 0.3) is 0 Å². The third kappa shape index (κ3) is 2.33. The number of piperidine rings is 2. The van der Waals surface area contributed by atoms with Crippen LogP contribution in [0.4, 0.5) is 0 Å². The molecule has 0 aromatic heterocycles. The second kappa shape index (κ2) is 4.94. The zero-order valence-corrected chi connectivity index (χ0v) is 10.4. The van der Waals surface area contributed by atoms with Crippen LogP contribution in [0.2, 0.25) is 0 Å². The molecule has 3 rings (SSSR count). The first-order chi connectivity index (χ1) is 8.34. The zero-order chi connectivity index (χ0) is 11.7. The van der Waals surface area contributed by atoms with Crippen LogP contribution >= 0.6 is 0 Å². The van der Waals surface area contributed by atoms with Crippen molar-refractivity contribution < 1.29 is 9.53 Å². The molecule has 3 heterocycles. The number of fused-ring (bicyclic) bond motifs is 1. The number of hydrogen-bond acceptors (Lipinski definition) is 3. The fourth-order valence-corrected chi connectivity index (χ4v) is 3.38. The lowest BCUT2D eigenvalue weighted by Gasteiger charge is -2.36. The van der Waals surface area contributed by atoms with Gasteiger partial charge >= 0.3 is 0 Å². The molecule has 3 aliphatic heterocycles. The molecule has 1 N–H and O–H groups in total. The van der Waals surface area contributed by atoms with Crippen LogP contribution in [0.5, 0.6) is 0 Å². The Hall–Kier alpha value is -0.610. The molecule has 17 heavy (non-hydrogen) atoms. The fraction of sp³-hybridized carbons (Fsp3) is 0.923. The van der Waals surface area contributed by atoms with Crippen molar-refractivity contribution in [2.75, 3.05) is 39.4 Å². The lowest BCUT2D eigenvalue weighted by Crippen LogP contribution is -2.48. The standard InChI is InChI=1S/C13H22N2O2/c16-13(10-2-1-4-14-6-10)15-5-3-11-8-17-9-12(11)7-15/h10-12,14H,1-9H2/t10-,11-,12+/m1/s1. The van der Waals surface area contributed by atoms with Crippen molar-refractivity contribution in [1.82, 2.24) is 10.2 Å². The number of likely N-dealkylation sites (tertiary alicyclic amines) is 1. The maximum atomic E-state index is 12.4. The van der Waals surface area contributed by atoms with E-state index in [9.17, 15) is 4.79 Å². The van der Waals surface area contributed by atoms with E-state index in [1.807, 2.05) is 0 Å². The summed E-state index contributed by atoms with van der Waals surface area (Å²) in [5, 5.41) is 3.33. The molecule has 0 unspecified atom stereocenters. The van der Waals surface area contributed by atoms with Crippen LogP contribution in [0.3, 0.4) is 0 Å². The molecule has 3 saturated heterocycles. The lowest BCUT2D eigenvalue weighted by molar-refractivity contribution is -0.138. The molecule has 3 aliphatic rings. The van der Waals surface area contributed by atoms with Crippen molar-refractivity contribution in [2.24, 2.45) is 17.8 Å². The molecule has 0 saturated carbocycles. The summed E-state index contributed by atoms with van der Waals surface area (Å²) in [4.78, 5) is 14.5. The summed E-state index contributed by atoms with van der Waals surface area (Å²) in [6, 6.07) is 0. The van der Waals surface area contributed by atoms with Crippen LogP contribution < -0.4 is 5.32 Å². The van der Waals surface area contributed by atoms with E-state index in [0.717, 1.165) is 58.7 Å². The summed E-state index contributed by atoms with van der Waals surface area (Å²) in [7, 11) is 0. The van der Waals surface area contributed by atoms with Gasteiger partial charge in [-0.3, -0.25) is 4.79 Å². The van der Waals surface area contributed by atoms with Gasteiger partial charge in [0.2, 0.25) is 5.91 Å². The number of nitrogens with one attached hydrogen (secondary N) is 1. The summed E-state index contributed by atoms with van der Waals surface area (Å²) in [5.41, 5.74) is 0. The summed E-state index contributed by atoms with van der Waals surface area (Å²) in [5.74, 6) is 1.91. The van der Waals surface area contributed by atoms with Gasteiger partial charge in [0.1, 0.15) is 0 Å². The number of ether oxygens (including phenoxy) is 1. The molecule has 1 amide bonds. The Labute approximate surface area is 103 Å². The molecular formula is C13H22N2O2. The van der Waals surface area contributed by atoms with Gasteiger partial charge < -0.3 is 15.0 Å². The first kappa shape index (κ1) is 11.5. The van der Waals surface area contributed by atoms with Crippen molar-refractivity contribution in [3.63, 3.8) is 0 Å². The topological polar surface area (TPSA) is 41.6 Å². The van der Waals surface area contributed by atoms with Gasteiger partial charge in [-0.05, 0) is 31.7 Å². The van der Waals surface area contributed by atoms with E-state index in [2.05, 4.69) is 10.2 Å². The average molecular weight is 238 g/mol. The summed E-state index contributed by atoms with van der Waals surface area (Å²) >= 11 is 0. The van der Waals surface area contributed by atoms with Gasteiger partial charge in [0.05, 0.1) is 12.5 Å². The van der Waals surface area contributed by atoms with Gasteiger partial charge in [-0.2, -0.15) is 0 Å². The fourth-order valence-electron chi connectivity index (χ4n) is 3.38. The molecule has 3 atom stereocenters. The SMILES string of the molecule is O=C([C@@H]1CCCNC1)N1CC[C@@H]2COC[C@@H]2C1. The summed E-state index contributed by atoms with van der Waals surface area (Å²) in [6.07, 6.45) is 3.34. The van der Waals surface area contributed by atoms with Crippen LogP contribution in [0.15, 0.2) is 0 Å². The minimum atomic E-state index is 0.225. The summed E-state index contributed by atoms with van der Waals surface area (Å²) in [6.45, 7) is 5.59. The smallest absolute Gasteiger partial charge is 0.226 e. The Bertz CT molecular complexity index is 289. The molecule has 0 aliphatic carbocycles. The maximum absolute atomic E-state index is 12.4. The van der Waals surface area contributed by atoms with E-state index in [4.69, 9.17) is 4.74 Å². The van der Waals surface area contributed by atoms with Crippen LogP contribution in [-0.2, 0) is 9.53 Å². The molecule has 0 aromatic carbocycles. The van der Waals surface area contributed by atoms with Crippen LogP contribution in [0, 0.1) is 17.8 Å². The Kier molecular flexibility index (Phi) is 3.34. The average Bonchev–Trinajstić information content (AvgIpc) is 2.86. The molecule has 4 heteroatoms. The third-order valence-electron chi connectivity index (χ3n) is 4.51. The highest BCUT2D eigenvalue weighted by Gasteiger charge is 2.37. The Morgan fingerprint density at radius 3 is 2.94 bits per heavy atom. The molecule has 0 bridgehead atoms. The van der Waals surface area contributed by atoms with E-state index in [1.165, 1.54) is 0 Å². The number of carbonyl (C=O) groups excluding carboxylic acids is 1. The molecule has 96 valence electrons. The quantitative estimate of drug-likeness (QED) is 0.722. The zero-order valence-electron chi connectivity index (χ0n) is 10.4. The van der Waals surface area contributed by atoms with E-state index in [1.54, 1.807) is 0 Å². The van der Waals surface area contributed by atoms with E-state index in [-0.39, 0.29) is 5.92 Å². The van der Waals surface area contributed by atoms with Gasteiger partial charge in [0, 0.05) is 32.2 Å². The highest BCUT2D eigenvalue weighted by atomic mass is 16.5. The van der Waals surface area contributed by atoms with Gasteiger partial charge in [-0.15, -0.1) is 0 Å². The monoisotopic (exact) mass is 238 g/mol. The highest BCUT2D eigenvalue weighted by Crippen LogP contribution is 2.30. The molecule has 4 nitrogen and oxygen atoms in total. The predicted molar refractivity (Wildman–Crippen MR) is 64.6 cm³/mol. The summed E-state index contributed by atoms with van der Waals surface area (Å²) < 4.78 is 5.51. The second-order valence-electron chi connectivity index (χ2n) is 5.67. The van der Waals surface area contributed by atoms with E-state index in [0.29, 0.717) is 17.7 Å². The Morgan fingerprint density at radius 2 is 2.12 bits per heavy atom. The van der Waals surface area contributed by atoms with Crippen molar-refractivity contribution in [3.05, 3.63) is 0 Å². The van der Waals surface area contributed by atoms with Crippen LogP contribution in [-0.4, -0.2) is 50.2 Å². The maximum Gasteiger partial charge on any atom is 0.226 e. The van der Waals surface area contributed by atoms with Crippen LogP contribution in [0.25, 0.3) is 0 Å². The Balaban J connectivity index is 1.58. The van der Waals surface area contributed by atoms with Crippen molar-refractivity contribution in [2.45, 2.75) is 19.3 Å². The second-order valence-corrected chi connectivity index (χ2v) is 5.67. The molecule has 0 aromatic rings. The molecule has 0 radical (unpaired) electrons. The number of rotatable bonds is 1. The third-order valence-corrected chi connectivity index (χ3v) is 4.51. The first-order valence-electron chi connectivity index (χ1n) is 6.92. The number of carbonyl (C=O) groups is 1. The van der Waals surface area contributed by atoms with Crippen molar-refractivity contribution >= 4 is 5.91 Å². The Morgan fingerprint density at radius 1 is 1.24 bits per heavy atom. The molecule has 3 fully saturated rings. The number of nitrogens with zero attached hydrogens (tertiary/aromatic N) is 1. The van der Waals surface area contributed by atoms with Gasteiger partial charge in [0.15, 0.2) is 0 Å². The molecule has 0 spiro atoms. The normalized spacial score (nSPS) is 37.9. The van der Waals surface area contributed by atoms with E-state index >= 15 is 0 Å². The highest BCUT2D eigenvalue weighted by molar-refractivity contribution is 5.79. The van der Waals surface area contributed by atoms with Crippen molar-refractivity contribution in [3.8, 4) is 0 Å². The van der Waals surface area contributed by atoms with Gasteiger partial charge in [-0.25, -0.2) is 0 Å². The van der Waals surface area contributed by atoms with Crippen LogP contribution in [0.1, 0.15) is 19.3 Å². The lowest BCUT2D eigenvalue weighted by atomic mass is 9.87. The predicted octanol–water partition coefficient (Wildman–Crippen LogP) is 0.481. The van der Waals surface area contributed by atoms with Gasteiger partial charge in [-0.1, -0.05) is 0 Å². The molecular weight excluding hydrogens is 216 g/mol. The van der Waals surface area contributed by atoms with Crippen molar-refractivity contribution in [1.29, 1.82) is 0 Å².